The zero-order valence-electron chi connectivity index (χ0n) is 68.3. The second-order valence-electron chi connectivity index (χ2n) is 36.8. The molecule has 0 saturated heterocycles. The van der Waals surface area contributed by atoms with Crippen LogP contribution < -0.4 is 108 Å². The molecule has 25 atom stereocenters. The van der Waals surface area contributed by atoms with Gasteiger partial charge in [0.1, 0.15) is 5.78 Å². The number of halogens is 1. The summed E-state index contributed by atoms with van der Waals surface area (Å²) in [5.74, 6) is 9.34. The Labute approximate surface area is 760 Å². The van der Waals surface area contributed by atoms with E-state index in [-0.39, 0.29) is 188 Å². The molecule has 0 aliphatic heterocycles. The average molecular weight is 1690 g/mol. The number of aromatic amines is 1. The molecular weight excluding hydrogens is 1560 g/mol. The van der Waals surface area contributed by atoms with Crippen LogP contribution >= 0.6 is 39.5 Å². The maximum Gasteiger partial charge on any atom is 1.00 e. The summed E-state index contributed by atoms with van der Waals surface area (Å²) in [5.41, 5.74) is -0.537. The second-order valence-corrected chi connectivity index (χ2v) is 40.5. The number of H-pyrrole nitrogens is 1. The van der Waals surface area contributed by atoms with Gasteiger partial charge in [-0.2, -0.15) is 15.3 Å². The molecule has 12 fully saturated rings. The Morgan fingerprint density at radius 3 is 1.20 bits per heavy atom. The van der Waals surface area contributed by atoms with Crippen molar-refractivity contribution >= 4 is 74.1 Å². The Balaban J connectivity index is 0.000000236. The van der Waals surface area contributed by atoms with Crippen molar-refractivity contribution in [3.63, 3.8) is 0 Å². The zero-order chi connectivity index (χ0) is 75.7. The number of aromatic nitrogens is 6. The molecule has 1 unspecified atom stereocenters. The monoisotopic (exact) mass is 1690 g/mol. The van der Waals surface area contributed by atoms with E-state index in [0.29, 0.717) is 93.4 Å². The van der Waals surface area contributed by atoms with Gasteiger partial charge in [0.15, 0.2) is 11.6 Å². The molecule has 12 aliphatic rings. The number of thioether (sulfide) groups is 2. The summed E-state index contributed by atoms with van der Waals surface area (Å²) >= 11 is 6.78. The maximum absolute atomic E-state index is 13.5. The fourth-order valence-electron chi connectivity index (χ4n) is 27.0. The van der Waals surface area contributed by atoms with E-state index in [1.807, 2.05) is 77.9 Å². The van der Waals surface area contributed by atoms with Gasteiger partial charge < -0.3 is 41.1 Å². The SMILES string of the molecule is C.C.COC[C@]12CC[C@@](C)(O)C[C@@H]1CC[C@H]1[C@@H]3CC[C@H](C(=O)CBr)[C@@]3(C)CC[C@@H]12.COC[C@]12CC[C@@](C)(O)C[C@@H]1CC[C@H]1[C@@H]3CC[C@H](C(=O)Cn4cc(S(C)=O)cn4)[C@@]3(C)CC[C@@H]12.COC[C@]12CC[C@@](C)(O)C[C@@H]1CC[C@H]1[C@@H]3CC[C@H](C(=O)Cn4cc(SC)cn4)[C@@]3(C)CC[C@@H]12.CSc1cn[nH]c1.O=CO[O-].[H-].[K+].[K+]. The summed E-state index contributed by atoms with van der Waals surface area (Å²) in [5, 5.41) is 56.5. The number of carbonyl (C=O) groups is 4. The van der Waals surface area contributed by atoms with E-state index < -0.39 is 27.6 Å². The van der Waals surface area contributed by atoms with Gasteiger partial charge in [0.25, 0.3) is 6.47 Å². The van der Waals surface area contributed by atoms with Crippen LogP contribution in [-0.2, 0) is 62.2 Å². The molecule has 109 heavy (non-hydrogen) atoms. The number of rotatable bonds is 18. The second kappa shape index (κ2) is 40.2. The van der Waals surface area contributed by atoms with Crippen molar-refractivity contribution in [1.82, 2.24) is 29.8 Å². The molecule has 25 heteroatoms. The van der Waals surface area contributed by atoms with Crippen molar-refractivity contribution in [2.45, 2.75) is 274 Å². The smallest absolute Gasteiger partial charge is 1.00 e. The summed E-state index contributed by atoms with van der Waals surface area (Å²) in [6.07, 6.45) is 46.4. The van der Waals surface area contributed by atoms with Crippen LogP contribution in [0.3, 0.4) is 0 Å². The molecule has 608 valence electrons. The number of ether oxygens (including phenoxy) is 3. The molecule has 12 aliphatic carbocycles. The number of aliphatic hydroxyl groups is 3. The maximum atomic E-state index is 13.5. The van der Waals surface area contributed by atoms with E-state index in [1.165, 1.54) is 81.9 Å². The largest absolute Gasteiger partial charge is 1.00 e. The van der Waals surface area contributed by atoms with Crippen LogP contribution in [0, 0.1) is 121 Å². The third kappa shape index (κ3) is 19.9. The third-order valence-corrected chi connectivity index (χ3v) is 34.5. The van der Waals surface area contributed by atoms with Gasteiger partial charge in [-0.3, -0.25) is 37.8 Å². The van der Waals surface area contributed by atoms with Crippen LogP contribution in [0.15, 0.2) is 51.9 Å². The Morgan fingerprint density at radius 1 is 0.550 bits per heavy atom. The summed E-state index contributed by atoms with van der Waals surface area (Å²) in [6, 6.07) is 0. The minimum Gasteiger partial charge on any atom is -1.00 e. The van der Waals surface area contributed by atoms with Crippen LogP contribution in [0.5, 0.6) is 0 Å². The quantitative estimate of drug-likeness (QED) is 0.0231. The molecule has 3 aromatic rings. The fourth-order valence-corrected chi connectivity index (χ4v) is 28.6. The van der Waals surface area contributed by atoms with E-state index in [0.717, 1.165) is 127 Å². The Bertz CT molecular complexity index is 3470. The number of nitrogens with zero attached hydrogens (tertiary/aromatic N) is 5. The average Bonchev–Trinajstić information content (AvgIpc) is 1.37. The fraction of sp³-hybridized carbons (Fsp3) is 0.845. The first-order valence-corrected chi connectivity index (χ1v) is 45.0. The van der Waals surface area contributed by atoms with Gasteiger partial charge in [0.05, 0.1) is 89.3 Å². The van der Waals surface area contributed by atoms with Crippen molar-refractivity contribution in [3.05, 3.63) is 37.2 Å². The van der Waals surface area contributed by atoms with Crippen LogP contribution in [0.25, 0.3) is 0 Å². The minimum absolute atomic E-state index is 0. The van der Waals surface area contributed by atoms with Crippen LogP contribution in [0.2, 0.25) is 0 Å². The Hall–Kier alpha value is 0.433. The van der Waals surface area contributed by atoms with E-state index in [9.17, 15) is 33.9 Å². The van der Waals surface area contributed by atoms with Gasteiger partial charge in [-0.05, 0) is 310 Å². The predicted octanol–water partition coefficient (Wildman–Crippen LogP) is 9.38. The Morgan fingerprint density at radius 2 is 0.908 bits per heavy atom. The summed E-state index contributed by atoms with van der Waals surface area (Å²) < 4.78 is 32.8. The molecule has 12 saturated carbocycles. The van der Waals surface area contributed by atoms with Crippen LogP contribution in [0.1, 0.15) is 231 Å². The molecule has 0 amide bonds. The standard InChI is InChI=1S/C27H42N2O4S.C27H42N2O3S.C23H37BrO3.C4H6N2S.CH2O3.2CH4.2K.H/c1-25(31)11-12-27(17-33-3)18(13-25)5-6-20-21-7-8-23(26(21,2)10-9-22(20)27)24(30)16-29-15-19(14-28-29)34(4)32;1-25(31)11-12-27(17-32-3)18(13-25)5-6-20-21-7-8-23(26(21,2)10-9-22(20)27)24(30)16-29-15-19(33-4)14-28-29;1-21(26)10-11-23(14-27-3)15(12-21)4-5-16-17-6-7-19(20(25)13-24)22(17,2)9-8-18(16)23;1-7-4-2-5-6-3-4;2-1-4-3;;;;;/h14-15,18,20-23,31H,5-13,16-17H2,1-4H3;14-15,18,20-23,31H,5-13,16-17H2,1-4H3;15-19,26H,4-14H2,1-3H3;2-3H,1H3,(H,5,6);1,3H;2*1H4;;;/q;;;;;;;2*+1;-1/p-1/t18-,20-,21-,22-,23+,25+,26-,27+,34?;18-,20-,21-,22-,23+,25+,26-,27+;15-,16-,17-,18-,19+,21+,22-,23+;;;;;;;/m000......./s1. The number of hydrogen-bond acceptors (Lipinski definition) is 18. The van der Waals surface area contributed by atoms with Gasteiger partial charge in [-0.25, -0.2) is 0 Å². The molecule has 3 heterocycles. The number of methoxy groups -OCH3 is 3. The first kappa shape index (κ1) is 96.6. The van der Waals surface area contributed by atoms with Crippen molar-refractivity contribution in [2.24, 2.45) is 121 Å². The number of carbonyl (C=O) groups excluding carboxylic acids is 4. The number of hydrogen-bond donors (Lipinski definition) is 4. The molecule has 4 N–H and O–H groups in total. The first-order valence-electron chi connectivity index (χ1n) is 39.9. The van der Waals surface area contributed by atoms with Crippen LogP contribution in [-0.4, -0.2) is 155 Å². The van der Waals surface area contributed by atoms with Crippen LogP contribution in [0.4, 0.5) is 0 Å². The molecule has 19 nitrogen and oxygen atoms in total. The van der Waals surface area contributed by atoms with Crippen molar-refractivity contribution in [1.29, 1.82) is 0 Å². The van der Waals surface area contributed by atoms with Crippen molar-refractivity contribution in [2.75, 3.05) is 65.2 Å². The minimum atomic E-state index is -1.08. The summed E-state index contributed by atoms with van der Waals surface area (Å²) in [6.45, 7) is 16.3. The first-order chi connectivity index (χ1) is 49.9. The molecule has 15 rings (SSSR count). The Kier molecular flexibility index (Phi) is 35.6. The number of ketones is 3. The third-order valence-electron chi connectivity index (χ3n) is 31.7. The summed E-state index contributed by atoms with van der Waals surface area (Å²) in [4.78, 5) is 53.8. The van der Waals surface area contributed by atoms with Gasteiger partial charge in [0.2, 0.25) is 0 Å². The molecule has 0 bridgehead atoms. The van der Waals surface area contributed by atoms with E-state index in [2.05, 4.69) is 62.0 Å². The van der Waals surface area contributed by atoms with Gasteiger partial charge in [-0.1, -0.05) is 51.6 Å². The normalized spacial score (nSPS) is 41.1. The van der Waals surface area contributed by atoms with Crippen molar-refractivity contribution < 1.29 is 167 Å². The molecular formula is C84H137BrK2N6O13S3. The number of alkyl halides is 1. The summed E-state index contributed by atoms with van der Waals surface area (Å²) in [7, 11) is 4.48. The number of nitrogens with one attached hydrogen (secondary N) is 1. The predicted molar refractivity (Wildman–Crippen MR) is 426 cm³/mol. The van der Waals surface area contributed by atoms with E-state index in [1.54, 1.807) is 53.1 Å². The number of fused-ring (bicyclic) bond motifs is 15. The van der Waals surface area contributed by atoms with E-state index >= 15 is 0 Å². The zero-order valence-corrected chi connectivity index (χ0v) is 77.6. The van der Waals surface area contributed by atoms with Gasteiger partial charge >= 0.3 is 103 Å². The molecule has 0 radical (unpaired) electrons. The number of Topliss-reactive ketones (excluding diaryl/α,β-unsaturated/α-hetero) is 3. The van der Waals surface area contributed by atoms with Crippen molar-refractivity contribution in [3.8, 4) is 0 Å². The molecule has 3 aromatic heterocycles. The van der Waals surface area contributed by atoms with Gasteiger partial charge in [0, 0.05) is 73.7 Å². The topological polar surface area (TPSA) is 270 Å². The van der Waals surface area contributed by atoms with E-state index in [4.69, 9.17) is 24.3 Å². The van der Waals surface area contributed by atoms with Gasteiger partial charge in [-0.15, -0.1) is 23.5 Å². The molecule has 0 aromatic carbocycles. The molecule has 0 spiro atoms.